The molecule has 1 aliphatic heterocycles. The predicted molar refractivity (Wildman–Crippen MR) is 179 cm³/mol. The van der Waals surface area contributed by atoms with E-state index in [-0.39, 0.29) is 0 Å². The maximum atomic E-state index is 5.12. The third-order valence-electron chi connectivity index (χ3n) is 8.43. The van der Waals surface area contributed by atoms with Gasteiger partial charge in [-0.15, -0.1) is 0 Å². The summed E-state index contributed by atoms with van der Waals surface area (Å²) in [6.07, 6.45) is 8.13. The molecule has 8 aromatic rings. The molecule has 208 valence electrons. The number of pyridine rings is 3. The minimum atomic E-state index is 0.817. The van der Waals surface area contributed by atoms with Crippen LogP contribution in [0.5, 0.6) is 0 Å². The zero-order chi connectivity index (χ0) is 29.0. The standard InChI is InChI=1S/C38H26N6/c1-3-16-33-27(11-1)28-20-22-39-24-36(28)44(33)37-19-7-15-32(42-37)31-14-6-13-30(41-31)25-9-5-10-26(23-25)43-34-17-4-2-12-29(34)38-35(43)18-8-21-40-38/h1-20,22-24,40H,21H2. The number of nitrogens with zero attached hydrogens (tertiary/aromatic N) is 5. The van der Waals surface area contributed by atoms with Crippen molar-refractivity contribution in [2.45, 2.75) is 0 Å². The Kier molecular flexibility index (Phi) is 5.46. The van der Waals surface area contributed by atoms with E-state index in [1.165, 1.54) is 22.0 Å². The molecule has 6 nitrogen and oxygen atoms in total. The molecule has 0 amide bonds. The van der Waals surface area contributed by atoms with E-state index in [2.05, 4.69) is 123 Å². The van der Waals surface area contributed by atoms with Crippen molar-refractivity contribution < 1.29 is 0 Å². The van der Waals surface area contributed by atoms with E-state index < -0.39 is 0 Å². The van der Waals surface area contributed by atoms with Crippen molar-refractivity contribution in [3.05, 3.63) is 139 Å². The van der Waals surface area contributed by atoms with Crippen LogP contribution in [0.1, 0.15) is 5.69 Å². The fraction of sp³-hybridized carbons (Fsp3) is 0.0263. The molecule has 0 bridgehead atoms. The average molecular weight is 567 g/mol. The van der Waals surface area contributed by atoms with Gasteiger partial charge in [0, 0.05) is 40.2 Å². The van der Waals surface area contributed by atoms with E-state index in [1.54, 1.807) is 0 Å². The quantitative estimate of drug-likeness (QED) is 0.232. The second-order valence-corrected chi connectivity index (χ2v) is 11.0. The van der Waals surface area contributed by atoms with Crippen molar-refractivity contribution in [1.29, 1.82) is 0 Å². The molecule has 0 unspecified atom stereocenters. The first kappa shape index (κ1) is 24.6. The van der Waals surface area contributed by atoms with Gasteiger partial charge in [0.1, 0.15) is 5.82 Å². The third kappa shape index (κ3) is 3.78. The summed E-state index contributed by atoms with van der Waals surface area (Å²) in [5.74, 6) is 0.835. The van der Waals surface area contributed by atoms with E-state index in [1.807, 2.05) is 36.7 Å². The normalized spacial score (nSPS) is 12.5. The number of hydrogen-bond donors (Lipinski definition) is 1. The minimum Gasteiger partial charge on any atom is -0.379 e. The van der Waals surface area contributed by atoms with Crippen LogP contribution in [-0.4, -0.2) is 30.6 Å². The maximum Gasteiger partial charge on any atom is 0.138 e. The number of fused-ring (bicyclic) bond motifs is 6. The Balaban J connectivity index is 1.14. The van der Waals surface area contributed by atoms with Crippen LogP contribution < -0.4 is 5.32 Å². The highest BCUT2D eigenvalue weighted by atomic mass is 15.1. The van der Waals surface area contributed by atoms with Crippen molar-refractivity contribution in [3.63, 3.8) is 0 Å². The molecule has 44 heavy (non-hydrogen) atoms. The number of para-hydroxylation sites is 2. The van der Waals surface area contributed by atoms with Crippen molar-refractivity contribution in [2.75, 3.05) is 11.9 Å². The monoisotopic (exact) mass is 566 g/mol. The molecule has 0 radical (unpaired) electrons. The number of hydrogen-bond acceptors (Lipinski definition) is 4. The number of rotatable bonds is 4. The Labute approximate surface area is 253 Å². The van der Waals surface area contributed by atoms with Gasteiger partial charge in [0.05, 0.1) is 51.2 Å². The smallest absolute Gasteiger partial charge is 0.138 e. The lowest BCUT2D eigenvalue weighted by molar-refractivity contribution is 1.07. The van der Waals surface area contributed by atoms with Crippen LogP contribution in [0.4, 0.5) is 5.69 Å². The summed E-state index contributed by atoms with van der Waals surface area (Å²) < 4.78 is 4.51. The summed E-state index contributed by atoms with van der Waals surface area (Å²) in [7, 11) is 0. The van der Waals surface area contributed by atoms with Gasteiger partial charge in [-0.3, -0.25) is 9.55 Å². The van der Waals surface area contributed by atoms with Crippen molar-refractivity contribution in [1.82, 2.24) is 24.1 Å². The number of benzene rings is 3. The predicted octanol–water partition coefficient (Wildman–Crippen LogP) is 8.69. The summed E-state index contributed by atoms with van der Waals surface area (Å²) in [5.41, 5.74) is 10.3. The molecule has 6 heteroatoms. The Morgan fingerprint density at radius 1 is 0.591 bits per heavy atom. The van der Waals surface area contributed by atoms with Crippen molar-refractivity contribution in [2.24, 2.45) is 0 Å². The highest BCUT2D eigenvalue weighted by molar-refractivity contribution is 6.08. The molecular weight excluding hydrogens is 540 g/mol. The number of aromatic nitrogens is 5. The van der Waals surface area contributed by atoms with Gasteiger partial charge < -0.3 is 9.88 Å². The van der Waals surface area contributed by atoms with Crippen LogP contribution in [0.25, 0.3) is 72.9 Å². The van der Waals surface area contributed by atoms with Crippen LogP contribution in [0.2, 0.25) is 0 Å². The van der Waals surface area contributed by atoms with Crippen LogP contribution in [-0.2, 0) is 0 Å². The lowest BCUT2D eigenvalue weighted by Gasteiger charge is -2.14. The zero-order valence-electron chi connectivity index (χ0n) is 23.7. The molecular formula is C38H26N6. The molecule has 0 fully saturated rings. The van der Waals surface area contributed by atoms with Gasteiger partial charge >= 0.3 is 0 Å². The molecule has 6 heterocycles. The lowest BCUT2D eigenvalue weighted by Crippen LogP contribution is -2.06. The number of anilines is 1. The second-order valence-electron chi connectivity index (χ2n) is 11.0. The van der Waals surface area contributed by atoms with Crippen molar-refractivity contribution in [3.8, 4) is 34.2 Å². The molecule has 5 aromatic heterocycles. The van der Waals surface area contributed by atoms with Crippen LogP contribution in [0.15, 0.2) is 134 Å². The van der Waals surface area contributed by atoms with Gasteiger partial charge in [0.2, 0.25) is 0 Å². The van der Waals surface area contributed by atoms with E-state index >= 15 is 0 Å². The fourth-order valence-corrected chi connectivity index (χ4v) is 6.51. The first-order valence-electron chi connectivity index (χ1n) is 14.8. The first-order valence-corrected chi connectivity index (χ1v) is 14.8. The number of nitrogens with one attached hydrogen (secondary N) is 1. The Bertz CT molecular complexity index is 2360. The van der Waals surface area contributed by atoms with E-state index in [4.69, 9.17) is 9.97 Å². The average Bonchev–Trinajstić information content (AvgIpc) is 3.62. The summed E-state index contributed by atoms with van der Waals surface area (Å²) in [4.78, 5) is 14.6. The van der Waals surface area contributed by atoms with Gasteiger partial charge in [-0.25, -0.2) is 9.97 Å². The Hall–Kier alpha value is -6.01. The van der Waals surface area contributed by atoms with E-state index in [0.717, 1.165) is 62.8 Å². The topological polar surface area (TPSA) is 60.6 Å². The van der Waals surface area contributed by atoms with E-state index in [0.29, 0.717) is 0 Å². The van der Waals surface area contributed by atoms with Gasteiger partial charge in [-0.05, 0) is 60.7 Å². The summed E-state index contributed by atoms with van der Waals surface area (Å²) in [5, 5.41) is 7.13. The SMILES string of the molecule is C1=Cc2c(c3ccccc3n2-c2cccc(-c3cccc(-c4cccc(-n5c6ccccc6c6ccncc65)n4)n3)c2)NC1. The molecule has 1 N–H and O–H groups in total. The molecule has 3 aromatic carbocycles. The highest BCUT2D eigenvalue weighted by Crippen LogP contribution is 2.37. The van der Waals surface area contributed by atoms with Crippen LogP contribution >= 0.6 is 0 Å². The molecule has 0 saturated heterocycles. The van der Waals surface area contributed by atoms with Gasteiger partial charge in [0.25, 0.3) is 0 Å². The zero-order valence-corrected chi connectivity index (χ0v) is 23.7. The lowest BCUT2D eigenvalue weighted by atomic mass is 10.1. The third-order valence-corrected chi connectivity index (χ3v) is 8.43. The van der Waals surface area contributed by atoms with Crippen molar-refractivity contribution >= 4 is 44.5 Å². The maximum absolute atomic E-state index is 5.12. The highest BCUT2D eigenvalue weighted by Gasteiger charge is 2.19. The van der Waals surface area contributed by atoms with Gasteiger partial charge in [-0.2, -0.15) is 0 Å². The Morgan fingerprint density at radius 2 is 1.32 bits per heavy atom. The summed E-state index contributed by atoms with van der Waals surface area (Å²) >= 11 is 0. The summed E-state index contributed by atoms with van der Waals surface area (Å²) in [6.45, 7) is 0.834. The minimum absolute atomic E-state index is 0.817. The molecule has 0 atom stereocenters. The van der Waals surface area contributed by atoms with E-state index in [9.17, 15) is 0 Å². The molecule has 0 saturated carbocycles. The fourth-order valence-electron chi connectivity index (χ4n) is 6.51. The molecule has 0 aliphatic carbocycles. The molecule has 0 spiro atoms. The van der Waals surface area contributed by atoms with Gasteiger partial charge in [-0.1, -0.05) is 66.7 Å². The van der Waals surface area contributed by atoms with Crippen LogP contribution in [0.3, 0.4) is 0 Å². The molecule has 9 rings (SSSR count). The molecule has 1 aliphatic rings. The van der Waals surface area contributed by atoms with Crippen LogP contribution in [0, 0.1) is 0 Å². The first-order chi connectivity index (χ1) is 21.8. The van der Waals surface area contributed by atoms with Gasteiger partial charge in [0.15, 0.2) is 0 Å². The second kappa shape index (κ2) is 9.78. The Morgan fingerprint density at radius 3 is 2.23 bits per heavy atom. The largest absolute Gasteiger partial charge is 0.379 e. The summed E-state index contributed by atoms with van der Waals surface area (Å²) in [6, 6.07) is 39.9.